The second-order valence-electron chi connectivity index (χ2n) is 5.44. The Labute approximate surface area is 149 Å². The van der Waals surface area contributed by atoms with Crippen LogP contribution in [0.3, 0.4) is 0 Å². The maximum atomic E-state index is 12.7. The molecule has 0 bridgehead atoms. The lowest BCUT2D eigenvalue weighted by Crippen LogP contribution is -2.40. The lowest BCUT2D eigenvalue weighted by Gasteiger charge is -2.26. The average Bonchev–Trinajstić information content (AvgIpc) is 3.00. The van der Waals surface area contributed by atoms with Crippen molar-refractivity contribution < 1.29 is 23.1 Å². The first-order valence-corrected chi connectivity index (χ1v) is 9.84. The first-order chi connectivity index (χ1) is 11.9. The summed E-state index contributed by atoms with van der Waals surface area (Å²) in [4.78, 5) is 16.4. The van der Waals surface area contributed by atoms with E-state index in [2.05, 4.69) is 10.3 Å². The van der Waals surface area contributed by atoms with Crippen molar-refractivity contribution in [1.29, 1.82) is 0 Å². The standard InChI is InChI=1S/C15H17N3O5S2/c1-10-9-24-15(16-10)17-14(20)12-8-11(2-3-13(12)19)25(21,22)18-4-6-23-7-5-18/h2-3,8-9,19H,4-7H2,1H3,(H,16,17,20). The molecule has 2 heterocycles. The molecule has 0 spiro atoms. The first kappa shape index (κ1) is 17.8. The molecule has 134 valence electrons. The number of carbonyl (C=O) groups excluding carboxylic acids is 1. The number of hydrogen-bond acceptors (Lipinski definition) is 7. The molecule has 1 aliphatic heterocycles. The molecule has 2 N–H and O–H groups in total. The van der Waals surface area contributed by atoms with Gasteiger partial charge in [0.15, 0.2) is 5.13 Å². The van der Waals surface area contributed by atoms with Crippen molar-refractivity contribution in [2.45, 2.75) is 11.8 Å². The van der Waals surface area contributed by atoms with Crippen LogP contribution in [0.5, 0.6) is 5.75 Å². The Kier molecular flexibility index (Phi) is 5.04. The number of nitrogens with zero attached hydrogens (tertiary/aromatic N) is 2. The van der Waals surface area contributed by atoms with Gasteiger partial charge in [0.1, 0.15) is 5.75 Å². The van der Waals surface area contributed by atoms with Gasteiger partial charge in [-0.05, 0) is 25.1 Å². The number of sulfonamides is 1. The highest BCUT2D eigenvalue weighted by Crippen LogP contribution is 2.25. The van der Waals surface area contributed by atoms with Gasteiger partial charge in [-0.1, -0.05) is 0 Å². The molecule has 0 aliphatic carbocycles. The van der Waals surface area contributed by atoms with Crippen LogP contribution in [0.25, 0.3) is 0 Å². The molecule has 1 fully saturated rings. The topological polar surface area (TPSA) is 109 Å². The van der Waals surface area contributed by atoms with Gasteiger partial charge in [0.2, 0.25) is 10.0 Å². The number of aromatic hydroxyl groups is 1. The van der Waals surface area contributed by atoms with E-state index in [0.29, 0.717) is 18.3 Å². The zero-order valence-electron chi connectivity index (χ0n) is 13.4. The minimum Gasteiger partial charge on any atom is -0.507 e. The van der Waals surface area contributed by atoms with Crippen molar-refractivity contribution in [2.75, 3.05) is 31.6 Å². The molecule has 2 aromatic rings. The van der Waals surface area contributed by atoms with Gasteiger partial charge in [-0.3, -0.25) is 10.1 Å². The van der Waals surface area contributed by atoms with Crippen molar-refractivity contribution in [3.05, 3.63) is 34.8 Å². The minimum atomic E-state index is -3.75. The third kappa shape index (κ3) is 3.82. The molecule has 1 aliphatic rings. The number of amides is 1. The van der Waals surface area contributed by atoms with Gasteiger partial charge < -0.3 is 9.84 Å². The van der Waals surface area contributed by atoms with Gasteiger partial charge in [0.05, 0.1) is 29.4 Å². The Hall–Kier alpha value is -2.01. The zero-order chi connectivity index (χ0) is 18.0. The summed E-state index contributed by atoms with van der Waals surface area (Å²) in [7, 11) is -3.75. The molecule has 1 amide bonds. The van der Waals surface area contributed by atoms with Crippen molar-refractivity contribution in [3.63, 3.8) is 0 Å². The molecule has 1 aromatic heterocycles. The Morgan fingerprint density at radius 2 is 2.08 bits per heavy atom. The van der Waals surface area contributed by atoms with E-state index in [-0.39, 0.29) is 29.3 Å². The van der Waals surface area contributed by atoms with Crippen LogP contribution in [-0.2, 0) is 14.8 Å². The third-order valence-electron chi connectivity index (χ3n) is 3.66. The number of phenols is 1. The summed E-state index contributed by atoms with van der Waals surface area (Å²) in [6.07, 6.45) is 0. The summed E-state index contributed by atoms with van der Waals surface area (Å²) in [5, 5.41) is 14.7. The quantitative estimate of drug-likeness (QED) is 0.827. The minimum absolute atomic E-state index is 0.0485. The van der Waals surface area contributed by atoms with Crippen molar-refractivity contribution in [2.24, 2.45) is 0 Å². The van der Waals surface area contributed by atoms with Gasteiger partial charge in [-0.15, -0.1) is 11.3 Å². The molecule has 8 nitrogen and oxygen atoms in total. The van der Waals surface area contributed by atoms with E-state index in [1.807, 2.05) is 0 Å². The van der Waals surface area contributed by atoms with Crippen LogP contribution in [0.15, 0.2) is 28.5 Å². The summed E-state index contributed by atoms with van der Waals surface area (Å²) in [5.74, 6) is -0.919. The van der Waals surface area contributed by atoms with Crippen LogP contribution in [0.4, 0.5) is 5.13 Å². The molecule has 0 unspecified atom stereocenters. The van der Waals surface area contributed by atoms with Crippen LogP contribution in [-0.4, -0.2) is 55.0 Å². The van der Waals surface area contributed by atoms with Crippen LogP contribution in [0.2, 0.25) is 0 Å². The smallest absolute Gasteiger partial charge is 0.261 e. The fourth-order valence-corrected chi connectivity index (χ4v) is 4.49. The van der Waals surface area contributed by atoms with E-state index in [9.17, 15) is 18.3 Å². The fraction of sp³-hybridized carbons (Fsp3) is 0.333. The Morgan fingerprint density at radius 1 is 1.36 bits per heavy atom. The average molecular weight is 383 g/mol. The number of benzene rings is 1. The molecule has 3 rings (SSSR count). The molecule has 25 heavy (non-hydrogen) atoms. The molecule has 0 radical (unpaired) electrons. The molecular weight excluding hydrogens is 366 g/mol. The Balaban J connectivity index is 1.88. The van der Waals surface area contributed by atoms with E-state index < -0.39 is 15.9 Å². The predicted octanol–water partition coefficient (Wildman–Crippen LogP) is 1.43. The highest BCUT2D eigenvalue weighted by Gasteiger charge is 2.27. The summed E-state index contributed by atoms with van der Waals surface area (Å²) < 4.78 is 31.8. The first-order valence-electron chi connectivity index (χ1n) is 7.52. The van der Waals surface area contributed by atoms with Crippen LogP contribution >= 0.6 is 11.3 Å². The molecule has 10 heteroatoms. The lowest BCUT2D eigenvalue weighted by atomic mass is 10.2. The second-order valence-corrected chi connectivity index (χ2v) is 8.24. The summed E-state index contributed by atoms with van der Waals surface area (Å²) >= 11 is 1.25. The normalized spacial score (nSPS) is 15.9. The van der Waals surface area contributed by atoms with Gasteiger partial charge in [-0.2, -0.15) is 4.31 Å². The van der Waals surface area contributed by atoms with E-state index in [1.165, 1.54) is 33.8 Å². The largest absolute Gasteiger partial charge is 0.507 e. The summed E-state index contributed by atoms with van der Waals surface area (Å²) in [6.45, 7) is 2.95. The highest BCUT2D eigenvalue weighted by atomic mass is 32.2. The summed E-state index contributed by atoms with van der Waals surface area (Å²) in [5.41, 5.74) is 0.635. The van der Waals surface area contributed by atoms with Crippen molar-refractivity contribution in [3.8, 4) is 5.75 Å². The fourth-order valence-electron chi connectivity index (χ4n) is 2.37. The zero-order valence-corrected chi connectivity index (χ0v) is 15.1. The van der Waals surface area contributed by atoms with Gasteiger partial charge >= 0.3 is 0 Å². The maximum Gasteiger partial charge on any atom is 0.261 e. The van der Waals surface area contributed by atoms with Crippen LogP contribution in [0, 0.1) is 6.92 Å². The molecule has 1 aromatic carbocycles. The van der Waals surface area contributed by atoms with E-state index >= 15 is 0 Å². The Bertz CT molecular complexity index is 888. The number of carbonyl (C=O) groups is 1. The maximum absolute atomic E-state index is 12.7. The van der Waals surface area contributed by atoms with E-state index in [1.54, 1.807) is 12.3 Å². The van der Waals surface area contributed by atoms with Crippen molar-refractivity contribution >= 4 is 32.4 Å². The summed E-state index contributed by atoms with van der Waals surface area (Å²) in [6, 6.07) is 3.66. The van der Waals surface area contributed by atoms with Gasteiger partial charge in [0, 0.05) is 18.5 Å². The second kappa shape index (κ2) is 7.08. The van der Waals surface area contributed by atoms with E-state index in [0.717, 1.165) is 5.69 Å². The third-order valence-corrected chi connectivity index (χ3v) is 6.43. The number of morpholine rings is 1. The number of thiazole rings is 1. The molecular formula is C15H17N3O5S2. The number of ether oxygens (including phenoxy) is 1. The number of rotatable bonds is 4. The van der Waals surface area contributed by atoms with E-state index in [4.69, 9.17) is 4.74 Å². The van der Waals surface area contributed by atoms with Gasteiger partial charge in [0.25, 0.3) is 5.91 Å². The number of aryl methyl sites for hydroxylation is 1. The monoisotopic (exact) mass is 383 g/mol. The highest BCUT2D eigenvalue weighted by molar-refractivity contribution is 7.89. The predicted molar refractivity (Wildman–Crippen MR) is 92.5 cm³/mol. The SMILES string of the molecule is Cc1csc(NC(=O)c2cc(S(=O)(=O)N3CCOCC3)ccc2O)n1. The van der Waals surface area contributed by atoms with Crippen LogP contribution < -0.4 is 5.32 Å². The number of hydrogen-bond donors (Lipinski definition) is 2. The van der Waals surface area contributed by atoms with Crippen LogP contribution in [0.1, 0.15) is 16.1 Å². The lowest BCUT2D eigenvalue weighted by molar-refractivity contribution is 0.0730. The number of aromatic nitrogens is 1. The molecule has 0 atom stereocenters. The van der Waals surface area contributed by atoms with Crippen molar-refractivity contribution in [1.82, 2.24) is 9.29 Å². The number of phenolic OH excluding ortho intramolecular Hbond substituents is 1. The Morgan fingerprint density at radius 3 is 2.72 bits per heavy atom. The molecule has 1 saturated heterocycles. The van der Waals surface area contributed by atoms with Gasteiger partial charge in [-0.25, -0.2) is 13.4 Å². The molecule has 0 saturated carbocycles. The number of anilines is 1. The number of nitrogens with one attached hydrogen (secondary N) is 1.